The van der Waals surface area contributed by atoms with Gasteiger partial charge >= 0.3 is 0 Å². The quantitative estimate of drug-likeness (QED) is 0.487. The van der Waals surface area contributed by atoms with Crippen molar-refractivity contribution in [2.24, 2.45) is 0 Å². The Bertz CT molecular complexity index is 1250. The number of halogens is 4. The van der Waals surface area contributed by atoms with Gasteiger partial charge in [-0.2, -0.15) is 4.31 Å². The summed E-state index contributed by atoms with van der Waals surface area (Å²) >= 11 is 5.84. The third-order valence-corrected chi connectivity index (χ3v) is 6.58. The summed E-state index contributed by atoms with van der Waals surface area (Å²) in [6, 6.07) is 13.9. The molecule has 0 bridgehead atoms. The molecular formula is C22H18ClF3N2O3S. The Morgan fingerprint density at radius 1 is 1.00 bits per heavy atom. The van der Waals surface area contributed by atoms with E-state index in [0.717, 1.165) is 15.9 Å². The van der Waals surface area contributed by atoms with E-state index in [2.05, 4.69) is 5.32 Å². The summed E-state index contributed by atoms with van der Waals surface area (Å²) in [5.74, 6) is -5.66. The van der Waals surface area contributed by atoms with Crippen molar-refractivity contribution in [1.29, 1.82) is 0 Å². The number of benzene rings is 3. The molecule has 0 aliphatic rings. The lowest BCUT2D eigenvalue weighted by atomic mass is 10.1. The summed E-state index contributed by atoms with van der Waals surface area (Å²) < 4.78 is 67.8. The predicted molar refractivity (Wildman–Crippen MR) is 115 cm³/mol. The van der Waals surface area contributed by atoms with Crippen LogP contribution in [0.4, 0.5) is 18.9 Å². The van der Waals surface area contributed by atoms with E-state index in [1.807, 2.05) is 13.0 Å². The number of rotatable bonds is 7. The van der Waals surface area contributed by atoms with Gasteiger partial charge in [-0.05, 0) is 48.9 Å². The SMILES string of the molecule is Cc1cccc(CN(CC(=O)Nc2ccc(F)c(F)c2F)S(=O)(=O)c2ccc(Cl)cc2)c1. The number of aryl methyl sites for hydroxylation is 1. The maximum absolute atomic E-state index is 13.9. The highest BCUT2D eigenvalue weighted by Gasteiger charge is 2.27. The average Bonchev–Trinajstić information content (AvgIpc) is 2.74. The predicted octanol–water partition coefficient (Wildman–Crippen LogP) is 4.90. The van der Waals surface area contributed by atoms with Crippen LogP contribution in [0.15, 0.2) is 65.6 Å². The number of amides is 1. The van der Waals surface area contributed by atoms with Crippen LogP contribution in [-0.2, 0) is 21.4 Å². The topological polar surface area (TPSA) is 66.5 Å². The zero-order chi connectivity index (χ0) is 23.5. The molecule has 0 radical (unpaired) electrons. The molecule has 168 valence electrons. The van der Waals surface area contributed by atoms with Crippen molar-refractivity contribution < 1.29 is 26.4 Å². The Balaban J connectivity index is 1.90. The Morgan fingerprint density at radius 3 is 2.34 bits per heavy atom. The number of nitrogens with zero attached hydrogens (tertiary/aromatic N) is 1. The van der Waals surface area contributed by atoms with Gasteiger partial charge in [-0.3, -0.25) is 4.79 Å². The van der Waals surface area contributed by atoms with Gasteiger partial charge in [0.05, 0.1) is 17.1 Å². The molecule has 0 aromatic heterocycles. The Labute approximate surface area is 188 Å². The minimum absolute atomic E-state index is 0.0960. The van der Waals surface area contributed by atoms with Gasteiger partial charge in [-0.25, -0.2) is 21.6 Å². The van der Waals surface area contributed by atoms with Crippen LogP contribution < -0.4 is 5.32 Å². The van der Waals surface area contributed by atoms with Crippen LogP contribution in [0.3, 0.4) is 0 Å². The average molecular weight is 483 g/mol. The van der Waals surface area contributed by atoms with Crippen LogP contribution >= 0.6 is 11.6 Å². The maximum atomic E-state index is 13.9. The first-order valence-corrected chi connectivity index (χ1v) is 11.1. The Kier molecular flexibility index (Phi) is 7.22. The van der Waals surface area contributed by atoms with Gasteiger partial charge < -0.3 is 5.32 Å². The number of nitrogens with one attached hydrogen (secondary N) is 1. The molecule has 0 saturated heterocycles. The first kappa shape index (κ1) is 23.8. The second kappa shape index (κ2) is 9.72. The zero-order valence-electron chi connectivity index (χ0n) is 16.8. The number of hydrogen-bond acceptors (Lipinski definition) is 3. The van der Waals surface area contributed by atoms with Crippen LogP contribution in [0, 0.1) is 24.4 Å². The van der Waals surface area contributed by atoms with E-state index in [-0.39, 0.29) is 11.4 Å². The van der Waals surface area contributed by atoms with E-state index in [4.69, 9.17) is 11.6 Å². The second-order valence-electron chi connectivity index (χ2n) is 6.99. The van der Waals surface area contributed by atoms with E-state index in [9.17, 15) is 26.4 Å². The van der Waals surface area contributed by atoms with E-state index in [0.29, 0.717) is 16.7 Å². The highest BCUT2D eigenvalue weighted by Crippen LogP contribution is 2.23. The second-order valence-corrected chi connectivity index (χ2v) is 9.36. The summed E-state index contributed by atoms with van der Waals surface area (Å²) in [7, 11) is -4.16. The minimum Gasteiger partial charge on any atom is -0.322 e. The van der Waals surface area contributed by atoms with Crippen molar-refractivity contribution in [2.45, 2.75) is 18.4 Å². The Morgan fingerprint density at radius 2 is 1.69 bits per heavy atom. The van der Waals surface area contributed by atoms with Gasteiger partial charge in [0.2, 0.25) is 15.9 Å². The fourth-order valence-electron chi connectivity index (χ4n) is 2.97. The molecule has 0 aliphatic heterocycles. The zero-order valence-corrected chi connectivity index (χ0v) is 18.4. The van der Waals surface area contributed by atoms with Crippen molar-refractivity contribution in [1.82, 2.24) is 4.31 Å². The van der Waals surface area contributed by atoms with E-state index < -0.39 is 45.6 Å². The van der Waals surface area contributed by atoms with Crippen LogP contribution in [0.5, 0.6) is 0 Å². The molecular weight excluding hydrogens is 465 g/mol. The molecule has 5 nitrogen and oxygen atoms in total. The number of carbonyl (C=O) groups is 1. The lowest BCUT2D eigenvalue weighted by Gasteiger charge is -2.22. The minimum atomic E-state index is -4.16. The number of carbonyl (C=O) groups excluding carboxylic acids is 1. The fraction of sp³-hybridized carbons (Fsp3) is 0.136. The van der Waals surface area contributed by atoms with Crippen LogP contribution in [-0.4, -0.2) is 25.2 Å². The number of anilines is 1. The van der Waals surface area contributed by atoms with Gasteiger partial charge in [0, 0.05) is 11.6 Å². The standard InChI is InChI=1S/C22H18ClF3N2O3S/c1-14-3-2-4-15(11-14)12-28(32(30,31)17-7-5-16(23)6-8-17)13-20(29)27-19-10-9-18(24)21(25)22(19)26/h2-11H,12-13H2,1H3,(H,27,29). The molecule has 0 saturated carbocycles. The molecule has 1 amide bonds. The van der Waals surface area contributed by atoms with Gasteiger partial charge in [0.25, 0.3) is 0 Å². The molecule has 0 aliphatic carbocycles. The maximum Gasteiger partial charge on any atom is 0.243 e. The van der Waals surface area contributed by atoms with E-state index >= 15 is 0 Å². The summed E-state index contributed by atoms with van der Waals surface area (Å²) in [5.41, 5.74) is 0.905. The van der Waals surface area contributed by atoms with Crippen LogP contribution in [0.2, 0.25) is 5.02 Å². The number of sulfonamides is 1. The van der Waals surface area contributed by atoms with Gasteiger partial charge in [-0.15, -0.1) is 0 Å². The van der Waals surface area contributed by atoms with Crippen molar-refractivity contribution in [3.05, 3.63) is 94.3 Å². The molecule has 1 N–H and O–H groups in total. The normalized spacial score (nSPS) is 11.6. The number of hydrogen-bond donors (Lipinski definition) is 1. The van der Waals surface area contributed by atoms with E-state index in [1.165, 1.54) is 24.3 Å². The molecule has 0 unspecified atom stereocenters. The van der Waals surface area contributed by atoms with Crippen LogP contribution in [0.1, 0.15) is 11.1 Å². The molecule has 10 heteroatoms. The van der Waals surface area contributed by atoms with Crippen molar-refractivity contribution >= 4 is 33.2 Å². The highest BCUT2D eigenvalue weighted by molar-refractivity contribution is 7.89. The first-order chi connectivity index (χ1) is 15.1. The lowest BCUT2D eigenvalue weighted by molar-refractivity contribution is -0.116. The third kappa shape index (κ3) is 5.48. The molecule has 3 rings (SSSR count). The molecule has 32 heavy (non-hydrogen) atoms. The lowest BCUT2D eigenvalue weighted by Crippen LogP contribution is -2.37. The summed E-state index contributed by atoms with van der Waals surface area (Å²) in [6.45, 7) is 0.984. The Hall–Kier alpha value is -2.88. The molecule has 0 heterocycles. The molecule has 0 atom stereocenters. The summed E-state index contributed by atoms with van der Waals surface area (Å²) in [6.07, 6.45) is 0. The molecule has 3 aromatic rings. The third-order valence-electron chi connectivity index (χ3n) is 4.52. The largest absolute Gasteiger partial charge is 0.322 e. The molecule has 0 spiro atoms. The smallest absolute Gasteiger partial charge is 0.243 e. The van der Waals surface area contributed by atoms with Crippen molar-refractivity contribution in [3.8, 4) is 0 Å². The fourth-order valence-corrected chi connectivity index (χ4v) is 4.48. The van der Waals surface area contributed by atoms with Gasteiger partial charge in [-0.1, -0.05) is 41.4 Å². The van der Waals surface area contributed by atoms with Crippen molar-refractivity contribution in [3.63, 3.8) is 0 Å². The van der Waals surface area contributed by atoms with Crippen LogP contribution in [0.25, 0.3) is 0 Å². The van der Waals surface area contributed by atoms with Gasteiger partial charge in [0.1, 0.15) is 0 Å². The van der Waals surface area contributed by atoms with Crippen molar-refractivity contribution in [2.75, 3.05) is 11.9 Å². The monoisotopic (exact) mass is 482 g/mol. The molecule has 3 aromatic carbocycles. The summed E-state index contributed by atoms with van der Waals surface area (Å²) in [4.78, 5) is 12.4. The summed E-state index contributed by atoms with van der Waals surface area (Å²) in [5, 5.41) is 2.42. The highest BCUT2D eigenvalue weighted by atomic mass is 35.5. The first-order valence-electron chi connectivity index (χ1n) is 9.32. The molecule has 0 fully saturated rings. The van der Waals surface area contributed by atoms with E-state index in [1.54, 1.807) is 18.2 Å². The van der Waals surface area contributed by atoms with Gasteiger partial charge in [0.15, 0.2) is 17.5 Å².